The zero-order valence-corrected chi connectivity index (χ0v) is 12.8. The van der Waals surface area contributed by atoms with E-state index in [1.165, 1.54) is 49.8 Å². The Kier molecular flexibility index (Phi) is 5.30. The highest BCUT2D eigenvalue weighted by Gasteiger charge is 2.23. The molecule has 0 aliphatic heterocycles. The summed E-state index contributed by atoms with van der Waals surface area (Å²) < 4.78 is 0. The van der Waals surface area contributed by atoms with E-state index in [0.29, 0.717) is 6.04 Å². The van der Waals surface area contributed by atoms with Crippen molar-refractivity contribution < 1.29 is 0 Å². The Morgan fingerprint density at radius 2 is 1.79 bits per heavy atom. The largest absolute Gasteiger partial charge is 0.382 e. The van der Waals surface area contributed by atoms with E-state index in [1.807, 2.05) is 0 Å². The van der Waals surface area contributed by atoms with Gasteiger partial charge in [0.25, 0.3) is 0 Å². The lowest BCUT2D eigenvalue weighted by Gasteiger charge is -2.32. The molecule has 1 aliphatic rings. The van der Waals surface area contributed by atoms with E-state index < -0.39 is 0 Å². The van der Waals surface area contributed by atoms with Gasteiger partial charge in [-0.3, -0.25) is 0 Å². The van der Waals surface area contributed by atoms with Gasteiger partial charge in [0.1, 0.15) is 0 Å². The van der Waals surface area contributed by atoms with Crippen LogP contribution in [0.15, 0.2) is 24.3 Å². The van der Waals surface area contributed by atoms with Crippen LogP contribution in [0.3, 0.4) is 0 Å². The van der Waals surface area contributed by atoms with Crippen molar-refractivity contribution in [3.8, 4) is 0 Å². The van der Waals surface area contributed by atoms with Gasteiger partial charge in [-0.15, -0.1) is 0 Å². The van der Waals surface area contributed by atoms with E-state index in [0.717, 1.165) is 11.8 Å². The van der Waals surface area contributed by atoms with Crippen LogP contribution in [0.1, 0.15) is 58.4 Å². The number of nitrogens with one attached hydrogen (secondary N) is 1. The molecule has 1 aliphatic carbocycles. The summed E-state index contributed by atoms with van der Waals surface area (Å²) in [7, 11) is 0. The summed E-state index contributed by atoms with van der Waals surface area (Å²) in [6.45, 7) is 6.99. The van der Waals surface area contributed by atoms with Crippen LogP contribution in [0.2, 0.25) is 0 Å². The molecule has 1 N–H and O–H groups in total. The van der Waals surface area contributed by atoms with E-state index in [9.17, 15) is 0 Å². The van der Waals surface area contributed by atoms with Crippen molar-refractivity contribution in [2.24, 2.45) is 11.8 Å². The average molecular weight is 259 g/mol. The zero-order chi connectivity index (χ0) is 13.7. The fourth-order valence-corrected chi connectivity index (χ4v) is 3.30. The van der Waals surface area contributed by atoms with E-state index in [4.69, 9.17) is 0 Å². The van der Waals surface area contributed by atoms with Gasteiger partial charge in [-0.2, -0.15) is 0 Å². The molecule has 0 bridgehead atoms. The highest BCUT2D eigenvalue weighted by molar-refractivity contribution is 5.51. The Morgan fingerprint density at radius 3 is 2.42 bits per heavy atom. The maximum absolute atomic E-state index is 3.79. The maximum Gasteiger partial charge on any atom is 0.0374 e. The van der Waals surface area contributed by atoms with E-state index >= 15 is 0 Å². The standard InChI is InChI=1S/C18H29N/c1-4-7-16-8-5-6-9-18(16)19-17-12-10-15(11-13-17)14(2)3/h5-6,8-9,14-15,17,19H,4,7,10-13H2,1-3H3. The fraction of sp³-hybridized carbons (Fsp3) is 0.667. The third-order valence-corrected chi connectivity index (χ3v) is 4.61. The summed E-state index contributed by atoms with van der Waals surface area (Å²) >= 11 is 0. The number of hydrogen-bond acceptors (Lipinski definition) is 1. The Labute approximate surface area is 118 Å². The third kappa shape index (κ3) is 3.99. The van der Waals surface area contributed by atoms with Gasteiger partial charge >= 0.3 is 0 Å². The molecule has 0 amide bonds. The molecule has 0 atom stereocenters. The number of aryl methyl sites for hydroxylation is 1. The monoisotopic (exact) mass is 259 g/mol. The average Bonchev–Trinajstić information content (AvgIpc) is 2.42. The minimum atomic E-state index is 0.688. The topological polar surface area (TPSA) is 12.0 Å². The Morgan fingerprint density at radius 1 is 1.11 bits per heavy atom. The molecule has 1 saturated carbocycles. The molecule has 19 heavy (non-hydrogen) atoms. The second kappa shape index (κ2) is 6.98. The number of para-hydroxylation sites is 1. The molecule has 0 heterocycles. The van der Waals surface area contributed by atoms with Crippen LogP contribution in [0, 0.1) is 11.8 Å². The molecule has 0 aromatic heterocycles. The van der Waals surface area contributed by atoms with Gasteiger partial charge in [0.05, 0.1) is 0 Å². The van der Waals surface area contributed by atoms with Crippen molar-refractivity contribution in [1.82, 2.24) is 0 Å². The van der Waals surface area contributed by atoms with Crippen LogP contribution in [0.25, 0.3) is 0 Å². The van der Waals surface area contributed by atoms with Crippen molar-refractivity contribution >= 4 is 5.69 Å². The third-order valence-electron chi connectivity index (χ3n) is 4.61. The van der Waals surface area contributed by atoms with E-state index in [2.05, 4.69) is 50.4 Å². The Bertz CT molecular complexity index is 375. The highest BCUT2D eigenvalue weighted by Crippen LogP contribution is 2.32. The molecule has 106 valence electrons. The van der Waals surface area contributed by atoms with Crippen molar-refractivity contribution in [3.05, 3.63) is 29.8 Å². The molecule has 1 aromatic rings. The van der Waals surface area contributed by atoms with Crippen LogP contribution in [0.4, 0.5) is 5.69 Å². The quantitative estimate of drug-likeness (QED) is 0.760. The van der Waals surface area contributed by atoms with Gasteiger partial charge < -0.3 is 5.32 Å². The molecule has 0 unspecified atom stereocenters. The summed E-state index contributed by atoms with van der Waals surface area (Å²) in [6, 6.07) is 9.52. The van der Waals surface area contributed by atoms with Crippen LogP contribution >= 0.6 is 0 Å². The minimum Gasteiger partial charge on any atom is -0.382 e. The lowest BCUT2D eigenvalue weighted by molar-refractivity contribution is 0.267. The smallest absolute Gasteiger partial charge is 0.0374 e. The maximum atomic E-state index is 3.79. The second-order valence-corrected chi connectivity index (χ2v) is 6.41. The summed E-state index contributed by atoms with van der Waals surface area (Å²) in [5.41, 5.74) is 2.85. The molecule has 1 heteroatoms. The molecule has 2 rings (SSSR count). The summed E-state index contributed by atoms with van der Waals surface area (Å²) in [5.74, 6) is 1.80. The first-order valence-corrected chi connectivity index (χ1v) is 8.05. The normalized spacial score (nSPS) is 23.6. The summed E-state index contributed by atoms with van der Waals surface area (Å²) in [4.78, 5) is 0. The Balaban J connectivity index is 1.92. The lowest BCUT2D eigenvalue weighted by atomic mass is 9.79. The molecule has 1 nitrogen and oxygen atoms in total. The first kappa shape index (κ1) is 14.4. The molecule has 0 saturated heterocycles. The summed E-state index contributed by atoms with van der Waals surface area (Å²) in [5, 5.41) is 3.79. The van der Waals surface area contributed by atoms with Gasteiger partial charge in [0.15, 0.2) is 0 Å². The predicted octanol–water partition coefficient (Wildman–Crippen LogP) is 5.27. The number of hydrogen-bond donors (Lipinski definition) is 1. The highest BCUT2D eigenvalue weighted by atomic mass is 14.9. The van der Waals surface area contributed by atoms with Crippen molar-refractivity contribution in [2.75, 3.05) is 5.32 Å². The summed E-state index contributed by atoms with van der Waals surface area (Å²) in [6.07, 6.45) is 7.87. The zero-order valence-electron chi connectivity index (χ0n) is 12.8. The molecule has 1 fully saturated rings. The van der Waals surface area contributed by atoms with Crippen molar-refractivity contribution in [2.45, 2.75) is 65.3 Å². The molecule has 0 radical (unpaired) electrons. The number of benzene rings is 1. The van der Waals surface area contributed by atoms with Gasteiger partial charge in [-0.1, -0.05) is 45.4 Å². The first-order chi connectivity index (χ1) is 9.20. The molecule has 1 aromatic carbocycles. The molecular weight excluding hydrogens is 230 g/mol. The van der Waals surface area contributed by atoms with Crippen LogP contribution < -0.4 is 5.32 Å². The van der Waals surface area contributed by atoms with Gasteiger partial charge in [0.2, 0.25) is 0 Å². The SMILES string of the molecule is CCCc1ccccc1NC1CCC(C(C)C)CC1. The van der Waals surface area contributed by atoms with E-state index in [1.54, 1.807) is 0 Å². The molecular formula is C18H29N. The fourth-order valence-electron chi connectivity index (χ4n) is 3.30. The van der Waals surface area contributed by atoms with Crippen LogP contribution in [-0.2, 0) is 6.42 Å². The minimum absolute atomic E-state index is 0.688. The van der Waals surface area contributed by atoms with E-state index in [-0.39, 0.29) is 0 Å². The van der Waals surface area contributed by atoms with Gasteiger partial charge in [-0.25, -0.2) is 0 Å². The number of rotatable bonds is 5. The number of anilines is 1. The van der Waals surface area contributed by atoms with Gasteiger partial charge in [0, 0.05) is 11.7 Å². The van der Waals surface area contributed by atoms with Crippen LogP contribution in [0.5, 0.6) is 0 Å². The van der Waals surface area contributed by atoms with Crippen molar-refractivity contribution in [3.63, 3.8) is 0 Å². The Hall–Kier alpha value is -0.980. The predicted molar refractivity (Wildman–Crippen MR) is 84.6 cm³/mol. The second-order valence-electron chi connectivity index (χ2n) is 6.41. The lowest BCUT2D eigenvalue weighted by Crippen LogP contribution is -2.28. The van der Waals surface area contributed by atoms with Gasteiger partial charge in [-0.05, 0) is 55.6 Å². The first-order valence-electron chi connectivity index (χ1n) is 8.05. The van der Waals surface area contributed by atoms with Crippen molar-refractivity contribution in [1.29, 1.82) is 0 Å². The molecule has 0 spiro atoms. The van der Waals surface area contributed by atoms with Crippen LogP contribution in [-0.4, -0.2) is 6.04 Å².